The Morgan fingerprint density at radius 2 is 1.12 bits per heavy atom. The van der Waals surface area contributed by atoms with E-state index < -0.39 is 0 Å². The van der Waals surface area contributed by atoms with Crippen LogP contribution in [0.2, 0.25) is 0 Å². The Bertz CT molecular complexity index is 187. The fraction of sp³-hybridized carbons (Fsp3) is 0.875. The Kier molecular flexibility index (Phi) is 16.6. The lowest BCUT2D eigenvalue weighted by molar-refractivity contribution is 0.639. The van der Waals surface area contributed by atoms with Gasteiger partial charge in [-0.25, -0.2) is 0 Å². The first-order chi connectivity index (χ1) is 8.41. The Morgan fingerprint density at radius 1 is 0.647 bits per heavy atom. The molecule has 0 atom stereocenters. The van der Waals surface area contributed by atoms with E-state index >= 15 is 0 Å². The smallest absolute Gasteiger partial charge is 0.00886 e. The quantitative estimate of drug-likeness (QED) is 0.182. The molecule has 0 aliphatic rings. The van der Waals surface area contributed by atoms with Gasteiger partial charge in [0.2, 0.25) is 0 Å². The second-order valence-corrected chi connectivity index (χ2v) is 5.80. The molecular weight excluding hydrogens is 319 g/mol. The lowest BCUT2D eigenvalue weighted by Gasteiger charge is -1.96. The minimum atomic E-state index is 1.12. The van der Waals surface area contributed by atoms with Crippen molar-refractivity contribution >= 4 is 22.6 Å². The van der Waals surface area contributed by atoms with Crippen LogP contribution in [0.25, 0.3) is 0 Å². The van der Waals surface area contributed by atoms with Gasteiger partial charge >= 0.3 is 0 Å². The first-order valence-electron chi connectivity index (χ1n) is 7.43. The van der Waals surface area contributed by atoms with Gasteiger partial charge in [-0.1, -0.05) is 74.5 Å². The Hall–Kier alpha value is 0.290. The highest BCUT2D eigenvalue weighted by atomic mass is 127. The van der Waals surface area contributed by atoms with Crippen molar-refractivity contribution in [3.8, 4) is 11.8 Å². The predicted molar refractivity (Wildman–Crippen MR) is 87.7 cm³/mol. The molecule has 0 N–H and O–H groups in total. The summed E-state index contributed by atoms with van der Waals surface area (Å²) in [7, 11) is 0. The summed E-state index contributed by atoms with van der Waals surface area (Å²) >= 11 is 2.46. The zero-order chi connectivity index (χ0) is 12.6. The van der Waals surface area contributed by atoms with Crippen LogP contribution in [-0.4, -0.2) is 4.43 Å². The van der Waals surface area contributed by atoms with E-state index in [-0.39, 0.29) is 0 Å². The number of unbranched alkanes of at least 4 members (excludes halogenated alkanes) is 10. The highest BCUT2D eigenvalue weighted by Gasteiger charge is 1.88. The van der Waals surface area contributed by atoms with Crippen molar-refractivity contribution in [2.45, 2.75) is 84.0 Å². The topological polar surface area (TPSA) is 0 Å². The third-order valence-corrected chi connectivity index (χ3v) is 3.73. The summed E-state index contributed by atoms with van der Waals surface area (Å²) in [6.45, 7) is 2.26. The first-order valence-corrected chi connectivity index (χ1v) is 8.96. The molecule has 0 nitrogen and oxygen atoms in total. The van der Waals surface area contributed by atoms with Crippen LogP contribution in [0.4, 0.5) is 0 Å². The number of hydrogen-bond donors (Lipinski definition) is 0. The summed E-state index contributed by atoms with van der Waals surface area (Å²) < 4.78 is 1.32. The maximum atomic E-state index is 3.32. The van der Waals surface area contributed by atoms with Crippen molar-refractivity contribution < 1.29 is 0 Å². The van der Waals surface area contributed by atoms with Crippen LogP contribution in [0.3, 0.4) is 0 Å². The molecular formula is C16H29I. The molecule has 0 unspecified atom stereocenters. The van der Waals surface area contributed by atoms with Crippen LogP contribution >= 0.6 is 22.6 Å². The summed E-state index contributed by atoms with van der Waals surface area (Å²) in [4.78, 5) is 0. The van der Waals surface area contributed by atoms with E-state index in [1.165, 1.54) is 68.6 Å². The van der Waals surface area contributed by atoms with E-state index in [0.29, 0.717) is 0 Å². The number of rotatable bonds is 11. The van der Waals surface area contributed by atoms with E-state index in [1.54, 1.807) is 0 Å². The summed E-state index contributed by atoms with van der Waals surface area (Å²) in [6, 6.07) is 0. The molecule has 1 heteroatoms. The maximum absolute atomic E-state index is 3.32. The van der Waals surface area contributed by atoms with Gasteiger partial charge in [-0.2, -0.15) is 0 Å². The standard InChI is InChI=1S/C16H29I/c1-2-3-4-5-6-7-8-9-10-11-12-13-14-15-16-17/h2-7,10-16H2,1H3. The third kappa shape index (κ3) is 16.3. The van der Waals surface area contributed by atoms with E-state index in [9.17, 15) is 0 Å². The van der Waals surface area contributed by atoms with Gasteiger partial charge in [-0.05, 0) is 23.7 Å². The van der Waals surface area contributed by atoms with E-state index in [0.717, 1.165) is 12.8 Å². The summed E-state index contributed by atoms with van der Waals surface area (Å²) in [5.41, 5.74) is 0. The SMILES string of the molecule is CCCCCCCC#CCCCCCCCI. The second kappa shape index (κ2) is 16.3. The molecule has 17 heavy (non-hydrogen) atoms. The lowest BCUT2D eigenvalue weighted by Crippen LogP contribution is -1.79. The van der Waals surface area contributed by atoms with Crippen LogP contribution in [0.5, 0.6) is 0 Å². The molecule has 0 aromatic rings. The van der Waals surface area contributed by atoms with Crippen molar-refractivity contribution in [1.82, 2.24) is 0 Å². The van der Waals surface area contributed by atoms with Crippen LogP contribution < -0.4 is 0 Å². The number of hydrogen-bond acceptors (Lipinski definition) is 0. The fourth-order valence-electron chi connectivity index (χ4n) is 1.83. The van der Waals surface area contributed by atoms with Crippen molar-refractivity contribution in [2.75, 3.05) is 4.43 Å². The predicted octanol–water partition coefficient (Wildman–Crippen LogP) is 6.13. The van der Waals surface area contributed by atoms with E-state index in [4.69, 9.17) is 0 Å². The van der Waals surface area contributed by atoms with Crippen molar-refractivity contribution in [3.63, 3.8) is 0 Å². The van der Waals surface area contributed by atoms with Gasteiger partial charge in [0.05, 0.1) is 0 Å². The van der Waals surface area contributed by atoms with Crippen LogP contribution in [0, 0.1) is 11.8 Å². The molecule has 0 rings (SSSR count). The molecule has 0 aromatic carbocycles. The van der Waals surface area contributed by atoms with Gasteiger partial charge < -0.3 is 0 Å². The van der Waals surface area contributed by atoms with E-state index in [1.807, 2.05) is 0 Å². The molecule has 0 aliphatic heterocycles. The van der Waals surface area contributed by atoms with E-state index in [2.05, 4.69) is 41.4 Å². The zero-order valence-electron chi connectivity index (χ0n) is 11.6. The Balaban J connectivity index is 3.04. The summed E-state index contributed by atoms with van der Waals surface area (Å²) in [5.74, 6) is 6.63. The van der Waals surface area contributed by atoms with Crippen LogP contribution in [0.1, 0.15) is 84.0 Å². The molecule has 0 radical (unpaired) electrons. The molecule has 0 amide bonds. The summed E-state index contributed by atoms with van der Waals surface area (Å²) in [5, 5.41) is 0. The average molecular weight is 348 g/mol. The van der Waals surface area contributed by atoms with Gasteiger partial charge in [0.15, 0.2) is 0 Å². The van der Waals surface area contributed by atoms with Crippen LogP contribution in [0.15, 0.2) is 0 Å². The van der Waals surface area contributed by atoms with Crippen molar-refractivity contribution in [3.05, 3.63) is 0 Å². The summed E-state index contributed by atoms with van der Waals surface area (Å²) in [6.07, 6.45) is 16.0. The zero-order valence-corrected chi connectivity index (χ0v) is 13.7. The minimum absolute atomic E-state index is 1.12. The fourth-order valence-corrected chi connectivity index (χ4v) is 2.37. The molecule has 0 bridgehead atoms. The molecule has 0 fully saturated rings. The average Bonchev–Trinajstić information content (AvgIpc) is 2.35. The Morgan fingerprint density at radius 3 is 1.65 bits per heavy atom. The molecule has 0 aliphatic carbocycles. The molecule has 0 aromatic heterocycles. The van der Waals surface area contributed by atoms with Gasteiger partial charge in [0.1, 0.15) is 0 Å². The van der Waals surface area contributed by atoms with Gasteiger partial charge in [0, 0.05) is 12.8 Å². The number of halogens is 1. The highest BCUT2D eigenvalue weighted by Crippen LogP contribution is 2.06. The molecule has 0 heterocycles. The minimum Gasteiger partial charge on any atom is -0.103 e. The Labute approximate surface area is 122 Å². The molecule has 0 spiro atoms. The van der Waals surface area contributed by atoms with Gasteiger partial charge in [0.25, 0.3) is 0 Å². The largest absolute Gasteiger partial charge is 0.103 e. The number of alkyl halides is 1. The van der Waals surface area contributed by atoms with Gasteiger partial charge in [-0.3, -0.25) is 0 Å². The first kappa shape index (κ1) is 17.3. The normalized spacial score (nSPS) is 10.0. The molecule has 100 valence electrons. The monoisotopic (exact) mass is 348 g/mol. The maximum Gasteiger partial charge on any atom is 0.00886 e. The van der Waals surface area contributed by atoms with Crippen LogP contribution in [-0.2, 0) is 0 Å². The third-order valence-electron chi connectivity index (χ3n) is 2.97. The van der Waals surface area contributed by atoms with Gasteiger partial charge in [-0.15, -0.1) is 11.8 Å². The molecule has 0 saturated carbocycles. The molecule has 0 saturated heterocycles. The lowest BCUT2D eigenvalue weighted by atomic mass is 10.1. The van der Waals surface area contributed by atoms with Crippen molar-refractivity contribution in [2.24, 2.45) is 0 Å². The highest BCUT2D eigenvalue weighted by molar-refractivity contribution is 14.1. The van der Waals surface area contributed by atoms with Crippen molar-refractivity contribution in [1.29, 1.82) is 0 Å². The second-order valence-electron chi connectivity index (χ2n) is 4.72.